The van der Waals surface area contributed by atoms with Gasteiger partial charge < -0.3 is 14.4 Å². The molecule has 0 saturated carbocycles. The van der Waals surface area contributed by atoms with Crippen molar-refractivity contribution in [3.63, 3.8) is 0 Å². The molecule has 214 valence electrons. The Morgan fingerprint density at radius 2 is 1.52 bits per heavy atom. The van der Waals surface area contributed by atoms with Crippen molar-refractivity contribution in [2.24, 2.45) is 0 Å². The van der Waals surface area contributed by atoms with Gasteiger partial charge in [0.05, 0.1) is 18.0 Å². The third-order valence-corrected chi connectivity index (χ3v) is 6.76. The van der Waals surface area contributed by atoms with Crippen LogP contribution in [-0.4, -0.2) is 57.2 Å². The van der Waals surface area contributed by atoms with E-state index in [9.17, 15) is 28.1 Å². The van der Waals surface area contributed by atoms with E-state index in [0.29, 0.717) is 22.5 Å². The van der Waals surface area contributed by atoms with E-state index in [4.69, 9.17) is 9.47 Å². The Morgan fingerprint density at radius 1 is 0.975 bits per heavy atom. The molecule has 0 unspecified atom stereocenters. The summed E-state index contributed by atoms with van der Waals surface area (Å²) in [5.41, 5.74) is 2.27. The van der Waals surface area contributed by atoms with Crippen molar-refractivity contribution in [2.45, 2.75) is 53.8 Å². The number of carbonyl (C=O) groups is 3. The molecule has 11 heteroatoms. The molecule has 2 rings (SSSR count). The lowest BCUT2D eigenvalue weighted by Crippen LogP contribution is -2.37. The summed E-state index contributed by atoms with van der Waals surface area (Å²) < 4.78 is 36.4. The summed E-state index contributed by atoms with van der Waals surface area (Å²) in [4.78, 5) is 39.3. The minimum Gasteiger partial charge on any atom is -0.462 e. The Labute approximate surface area is 235 Å². The fourth-order valence-electron chi connectivity index (χ4n) is 3.57. The van der Waals surface area contributed by atoms with Crippen LogP contribution in [0.15, 0.2) is 48.0 Å². The monoisotopic (exact) mass is 569 g/mol. The molecule has 0 aromatic heterocycles. The number of hydrogen-bond donors (Lipinski definition) is 1. The lowest BCUT2D eigenvalue weighted by molar-refractivity contribution is -0.146. The maximum absolute atomic E-state index is 13.0. The Morgan fingerprint density at radius 3 is 1.98 bits per heavy atom. The van der Waals surface area contributed by atoms with Gasteiger partial charge in [-0.15, -0.1) is 0 Å². The van der Waals surface area contributed by atoms with E-state index in [1.54, 1.807) is 57.7 Å². The van der Waals surface area contributed by atoms with E-state index < -0.39 is 27.7 Å². The fourth-order valence-corrected chi connectivity index (χ4v) is 4.21. The van der Waals surface area contributed by atoms with Gasteiger partial charge in [-0.25, -0.2) is 8.42 Å². The van der Waals surface area contributed by atoms with Gasteiger partial charge in [-0.1, -0.05) is 6.07 Å². The largest absolute Gasteiger partial charge is 0.462 e. The molecule has 0 saturated heterocycles. The molecule has 0 atom stereocenters. The number of nitrogens with one attached hydrogen (secondary N) is 1. The van der Waals surface area contributed by atoms with Crippen molar-refractivity contribution in [3.05, 3.63) is 64.7 Å². The van der Waals surface area contributed by atoms with Crippen molar-refractivity contribution in [2.75, 3.05) is 28.5 Å². The number of aryl methyl sites for hydroxylation is 1. The first-order valence-electron chi connectivity index (χ1n) is 12.8. The summed E-state index contributed by atoms with van der Waals surface area (Å²) in [7, 11) is -3.46. The van der Waals surface area contributed by atoms with Crippen LogP contribution in [0.25, 0.3) is 6.08 Å². The molecule has 0 amide bonds. The van der Waals surface area contributed by atoms with Gasteiger partial charge in [0.2, 0.25) is 15.8 Å². The number of nitrogens with zero attached hydrogens (tertiary/aromatic N) is 2. The zero-order valence-corrected chi connectivity index (χ0v) is 24.4. The zero-order chi connectivity index (χ0) is 30.0. The highest BCUT2D eigenvalue weighted by atomic mass is 32.2. The highest BCUT2D eigenvalue weighted by Crippen LogP contribution is 2.23. The number of sulfonamides is 1. The molecule has 0 heterocycles. The van der Waals surface area contributed by atoms with Gasteiger partial charge in [0, 0.05) is 16.9 Å². The highest BCUT2D eigenvalue weighted by molar-refractivity contribution is 7.92. The quantitative estimate of drug-likeness (QED) is 0.162. The maximum Gasteiger partial charge on any atom is 0.325 e. The van der Waals surface area contributed by atoms with Crippen LogP contribution in [0.1, 0.15) is 56.1 Å². The van der Waals surface area contributed by atoms with Crippen LogP contribution in [0.4, 0.5) is 11.4 Å². The van der Waals surface area contributed by atoms with Crippen LogP contribution in [-0.2, 0) is 29.1 Å². The van der Waals surface area contributed by atoms with Crippen molar-refractivity contribution in [1.29, 1.82) is 5.26 Å². The lowest BCUT2D eigenvalue weighted by Gasteiger charge is -2.24. The molecule has 10 nitrogen and oxygen atoms in total. The first kappa shape index (κ1) is 32.0. The van der Waals surface area contributed by atoms with Crippen LogP contribution in [0, 0.1) is 18.3 Å². The Bertz CT molecular complexity index is 1380. The minimum absolute atomic E-state index is 0.0883. The van der Waals surface area contributed by atoms with Gasteiger partial charge in [0.1, 0.15) is 24.7 Å². The second-order valence-electron chi connectivity index (χ2n) is 9.56. The van der Waals surface area contributed by atoms with Crippen molar-refractivity contribution in [1.82, 2.24) is 0 Å². The van der Waals surface area contributed by atoms with Gasteiger partial charge in [-0.05, 0) is 95.1 Å². The number of ether oxygens (including phenoxy) is 2. The van der Waals surface area contributed by atoms with Crippen LogP contribution < -0.4 is 9.62 Å². The molecular weight excluding hydrogens is 534 g/mol. The Kier molecular flexibility index (Phi) is 11.4. The predicted molar refractivity (Wildman–Crippen MR) is 153 cm³/mol. The number of carbonyl (C=O) groups excluding carboxylic acids is 3. The maximum atomic E-state index is 13.0. The first-order valence-corrected chi connectivity index (χ1v) is 14.4. The topological polar surface area (TPSA) is 143 Å². The number of benzene rings is 2. The van der Waals surface area contributed by atoms with E-state index in [2.05, 4.69) is 4.72 Å². The van der Waals surface area contributed by atoms with Crippen LogP contribution in [0.3, 0.4) is 0 Å². The number of hydrogen-bond acceptors (Lipinski definition) is 9. The molecule has 0 aliphatic rings. The van der Waals surface area contributed by atoms with E-state index in [1.807, 2.05) is 6.07 Å². The third-order valence-electron chi connectivity index (χ3n) is 5.46. The Hall–Kier alpha value is -4.17. The molecule has 0 radical (unpaired) electrons. The molecule has 0 fully saturated rings. The predicted octanol–water partition coefficient (Wildman–Crippen LogP) is 4.26. The smallest absolute Gasteiger partial charge is 0.325 e. The summed E-state index contributed by atoms with van der Waals surface area (Å²) in [5.74, 6) is -1.61. The molecule has 2 aromatic carbocycles. The van der Waals surface area contributed by atoms with E-state index in [0.717, 1.165) is 0 Å². The van der Waals surface area contributed by atoms with Gasteiger partial charge in [-0.2, -0.15) is 5.26 Å². The molecular formula is C29H35N3O7S. The number of allylic oxidation sites excluding steroid dienone is 1. The summed E-state index contributed by atoms with van der Waals surface area (Å²) in [6, 6.07) is 12.8. The van der Waals surface area contributed by atoms with Gasteiger partial charge in [0.15, 0.2) is 0 Å². The fraction of sp³-hybridized carbons (Fsp3) is 0.379. The van der Waals surface area contributed by atoms with Gasteiger partial charge in [0.25, 0.3) is 0 Å². The summed E-state index contributed by atoms with van der Waals surface area (Å²) >= 11 is 0. The number of Topliss-reactive ketones (excluding diaryl/α,β-unsaturated/α-hetero) is 1. The number of nitriles is 1. The van der Waals surface area contributed by atoms with E-state index in [1.165, 1.54) is 37.3 Å². The van der Waals surface area contributed by atoms with Crippen LogP contribution in [0.5, 0.6) is 0 Å². The number of ketones is 1. The summed E-state index contributed by atoms with van der Waals surface area (Å²) in [6.45, 7) is 9.87. The average molecular weight is 570 g/mol. The average Bonchev–Trinajstić information content (AvgIpc) is 2.86. The molecule has 0 aliphatic carbocycles. The van der Waals surface area contributed by atoms with Gasteiger partial charge >= 0.3 is 11.9 Å². The molecule has 2 aromatic rings. The molecule has 40 heavy (non-hydrogen) atoms. The van der Waals surface area contributed by atoms with Crippen LogP contribution in [0.2, 0.25) is 0 Å². The van der Waals surface area contributed by atoms with Crippen molar-refractivity contribution < 1.29 is 32.3 Å². The number of esters is 2. The summed E-state index contributed by atoms with van der Waals surface area (Å²) in [5, 5.41) is 9.69. The van der Waals surface area contributed by atoms with Crippen molar-refractivity contribution >= 4 is 45.2 Å². The molecule has 1 N–H and O–H groups in total. The zero-order valence-electron chi connectivity index (χ0n) is 23.6. The van der Waals surface area contributed by atoms with Crippen LogP contribution >= 0.6 is 0 Å². The van der Waals surface area contributed by atoms with E-state index >= 15 is 0 Å². The third kappa shape index (κ3) is 9.85. The molecule has 0 aliphatic heterocycles. The minimum atomic E-state index is -3.46. The van der Waals surface area contributed by atoms with Gasteiger partial charge in [-0.3, -0.25) is 19.1 Å². The normalized spacial score (nSPS) is 11.6. The van der Waals surface area contributed by atoms with Crippen molar-refractivity contribution in [3.8, 4) is 6.07 Å². The van der Waals surface area contributed by atoms with E-state index in [-0.39, 0.29) is 42.2 Å². The Balaban J connectivity index is 2.32. The number of anilines is 2. The second kappa shape index (κ2) is 14.3. The molecule has 0 bridgehead atoms. The standard InChI is InChI=1S/C29H35N3O7S/c1-7-40(36,37)31-25-11-8-22(9-12-25)29(35)24(16-30)15-23-10-13-26(14-21(23)6)32(17-27(33)38-19(2)3)18-28(34)39-20(4)5/h8-15,19-20,31H,7,17-18H2,1-6H3. The highest BCUT2D eigenvalue weighted by Gasteiger charge is 2.20. The SMILES string of the molecule is CCS(=O)(=O)Nc1ccc(C(=O)C(C#N)=Cc2ccc(N(CC(=O)OC(C)C)CC(=O)OC(C)C)cc2C)cc1. The molecule has 0 spiro atoms. The second-order valence-corrected chi connectivity index (χ2v) is 11.6. The summed E-state index contributed by atoms with van der Waals surface area (Å²) in [6.07, 6.45) is 0.828. The number of rotatable bonds is 13. The lowest BCUT2D eigenvalue weighted by atomic mass is 9.99. The first-order chi connectivity index (χ1) is 18.7.